The topological polar surface area (TPSA) is 358 Å². The van der Waals surface area contributed by atoms with Crippen molar-refractivity contribution < 1.29 is 72.4 Å². The van der Waals surface area contributed by atoms with E-state index in [9.17, 15) is 63.0 Å². The fourth-order valence-electron chi connectivity index (χ4n) is 11.9. The largest absolute Gasteiger partial charge is 0.445 e. The maximum absolute atomic E-state index is 14.8. The van der Waals surface area contributed by atoms with Crippen LogP contribution in [0.25, 0.3) is 0 Å². The van der Waals surface area contributed by atoms with Crippen LogP contribution in [0.2, 0.25) is 0 Å². The highest BCUT2D eigenvalue weighted by Crippen LogP contribution is 2.30. The normalized spacial score (nSPS) is 17.6. The first-order valence-electron chi connectivity index (χ1n) is 32.8. The maximum atomic E-state index is 14.8. The molecule has 10 N–H and O–H groups in total. The zero-order valence-corrected chi connectivity index (χ0v) is 56.7. The first-order valence-corrected chi connectivity index (χ1v) is 32.8. The fraction of sp³-hybridized carbons (Fsp3) is 0.657. The molecule has 12 atom stereocenters. The molecule has 2 heterocycles. The van der Waals surface area contributed by atoms with E-state index in [0.717, 1.165) is 4.90 Å². The molecule has 2 aliphatic rings. The number of carbonyl (C=O) groups excluding carboxylic acids is 11. The van der Waals surface area contributed by atoms with Gasteiger partial charge in [0.15, 0.2) is 0 Å². The van der Waals surface area contributed by atoms with Crippen molar-refractivity contribution in [2.75, 3.05) is 46.2 Å². The summed E-state index contributed by atoms with van der Waals surface area (Å²) < 4.78 is 11.7. The molecule has 26 nitrogen and oxygen atoms in total. The third-order valence-corrected chi connectivity index (χ3v) is 17.7. The predicted octanol–water partition coefficient (Wildman–Crippen LogP) is 4.65. The van der Waals surface area contributed by atoms with E-state index < -0.39 is 120 Å². The summed E-state index contributed by atoms with van der Waals surface area (Å²) in [5, 5.41) is 39.0. The molecule has 0 spiro atoms. The average molecular weight is 1300 g/mol. The number of likely N-dealkylation sites (tertiary alicyclic amines) is 2. The number of methoxy groups -OCH3 is 1. The number of hydrogen-bond acceptors (Lipinski definition) is 15. The minimum absolute atomic E-state index is 0.0855. The van der Waals surface area contributed by atoms with Crippen LogP contribution in [-0.4, -0.2) is 190 Å². The average Bonchev–Trinajstić information content (AvgIpc) is 1.79. The van der Waals surface area contributed by atoms with E-state index >= 15 is 0 Å². The van der Waals surface area contributed by atoms with E-state index in [2.05, 4.69) is 31.9 Å². The van der Waals surface area contributed by atoms with Crippen LogP contribution >= 0.6 is 0 Å². The number of urea groups is 1. The van der Waals surface area contributed by atoms with Crippen molar-refractivity contribution in [2.45, 2.75) is 213 Å². The highest BCUT2D eigenvalue weighted by molar-refractivity contribution is 6.02. The lowest BCUT2D eigenvalue weighted by Crippen LogP contribution is -2.60. The number of aliphatic hydroxyl groups excluding tert-OH is 2. The van der Waals surface area contributed by atoms with E-state index in [0.29, 0.717) is 68.4 Å². The monoisotopic (exact) mass is 1300 g/mol. The molecule has 26 heteroatoms. The Hall–Kier alpha value is -7.71. The molecule has 518 valence electrons. The summed E-state index contributed by atoms with van der Waals surface area (Å²) in [6, 6.07) is 8.26. The van der Waals surface area contributed by atoms with Gasteiger partial charge in [-0.1, -0.05) is 118 Å². The number of nitrogens with one attached hydrogen (secondary N) is 6. The molecule has 4 rings (SSSR count). The van der Waals surface area contributed by atoms with Gasteiger partial charge in [-0.2, -0.15) is 0 Å². The van der Waals surface area contributed by atoms with Crippen LogP contribution < -0.4 is 37.6 Å². The lowest BCUT2D eigenvalue weighted by atomic mass is 9.89. The number of hydrogen-bond donors (Lipinski definition) is 9. The Bertz CT molecular complexity index is 2810. The van der Waals surface area contributed by atoms with Crippen LogP contribution in [0.15, 0.2) is 54.6 Å². The summed E-state index contributed by atoms with van der Waals surface area (Å²) in [7, 11) is 4.50. The number of ether oxygens (including phenoxy) is 2. The predicted molar refractivity (Wildman–Crippen MR) is 349 cm³/mol. The standard InChI is InChI=1S/C67H105N11O15/c1-14-42(8)58(50(92-13)37-54(82)77-36-22-26-49(77)59(83)43(9)61(85)70-44(10)60(84)46-23-17-15-18-24-46)75(11)65(89)56(40(4)5)74-64(88)57(41(6)7)76(12)67(91)93-38-45-28-30-47(31-29-45)71-62(86)48(25-21-34-69-66(68)90)72-63(87)55(39(2)3)73-51(79)27-19-16-20-35-78-52(80)32-33-53(78)81/h15,17-18,23-24,28-31,39-44,48-50,55-60,83-84H,14,16,19-22,25-27,32-38H2,1-13H3,(H,70,85)(H,71,86)(H,72,87)(H,73,79)(H,74,88)(H3,68,69,90)/t42-,43+,44+,48-,49-,50+,55-,56-,57-,58-,59+,60+/m0/s1. The molecule has 0 aromatic heterocycles. The molecule has 93 heavy (non-hydrogen) atoms. The number of aliphatic hydroxyl groups is 2. The van der Waals surface area contributed by atoms with E-state index in [-0.39, 0.29) is 87.1 Å². The molecule has 2 aliphatic heterocycles. The molecule has 2 saturated heterocycles. The van der Waals surface area contributed by atoms with Crippen molar-refractivity contribution in [1.29, 1.82) is 0 Å². The number of anilines is 1. The van der Waals surface area contributed by atoms with Gasteiger partial charge in [-0.3, -0.25) is 53.0 Å². The summed E-state index contributed by atoms with van der Waals surface area (Å²) in [4.78, 5) is 152. The Kier molecular flexibility index (Phi) is 31.6. The summed E-state index contributed by atoms with van der Waals surface area (Å²) >= 11 is 0. The molecule has 0 bridgehead atoms. The summed E-state index contributed by atoms with van der Waals surface area (Å²) in [5.74, 6) is -6.19. The molecular formula is C67H105N11O15. The number of imide groups is 1. The Morgan fingerprint density at radius 3 is 1.94 bits per heavy atom. The van der Waals surface area contributed by atoms with Gasteiger partial charge in [0.2, 0.25) is 53.2 Å². The summed E-state index contributed by atoms with van der Waals surface area (Å²) in [6.45, 7) is 18.3. The number of rotatable bonds is 37. The molecule has 12 amide bonds. The zero-order chi connectivity index (χ0) is 69.4. The number of primary amides is 1. The van der Waals surface area contributed by atoms with Gasteiger partial charge in [0.05, 0.1) is 48.8 Å². The lowest BCUT2D eigenvalue weighted by molar-refractivity contribution is -0.147. The van der Waals surface area contributed by atoms with E-state index in [1.54, 1.807) is 116 Å². The molecule has 0 saturated carbocycles. The quantitative estimate of drug-likeness (QED) is 0.0329. The SMILES string of the molecule is CC[C@H](C)[C@@H]([C@@H](CC(=O)N1CCC[C@H]1[C@H](O)[C@@H](C)C(=O)N[C@H](C)[C@@H](O)c1ccccc1)OC)N(C)C(=O)[C@@H](NC(=O)[C@H](C(C)C)N(C)C(=O)OCc1ccc(NC(=O)[C@H](CCCNC(N)=O)NC(=O)[C@@H](NC(=O)CCCCCN2C(=O)CCC2=O)C(C)C)cc1)C(C)C. The lowest BCUT2D eigenvalue weighted by Gasteiger charge is -2.41. The molecule has 0 aliphatic carbocycles. The molecule has 2 fully saturated rings. The van der Waals surface area contributed by atoms with Gasteiger partial charge < -0.3 is 67.1 Å². The van der Waals surface area contributed by atoms with Crippen LogP contribution in [0, 0.1) is 29.6 Å². The van der Waals surface area contributed by atoms with Crippen molar-refractivity contribution >= 4 is 71.0 Å². The minimum atomic E-state index is -1.22. The number of nitrogens with two attached hydrogens (primary N) is 1. The number of likely N-dealkylation sites (N-methyl/N-ethyl adjacent to an activating group) is 2. The Morgan fingerprint density at radius 1 is 0.720 bits per heavy atom. The number of nitrogens with zero attached hydrogens (tertiary/aromatic N) is 4. The highest BCUT2D eigenvalue weighted by Gasteiger charge is 2.44. The van der Waals surface area contributed by atoms with Gasteiger partial charge in [-0.05, 0) is 92.4 Å². The van der Waals surface area contributed by atoms with Gasteiger partial charge in [-0.25, -0.2) is 9.59 Å². The van der Waals surface area contributed by atoms with Crippen LogP contribution in [0.5, 0.6) is 0 Å². The summed E-state index contributed by atoms with van der Waals surface area (Å²) in [5.41, 5.74) is 6.73. The minimum Gasteiger partial charge on any atom is -0.445 e. The Labute approximate surface area is 548 Å². The molecular weight excluding hydrogens is 1200 g/mol. The van der Waals surface area contributed by atoms with Crippen molar-refractivity contribution in [1.82, 2.24) is 46.2 Å². The number of amides is 12. The zero-order valence-electron chi connectivity index (χ0n) is 56.7. The first-order chi connectivity index (χ1) is 43.9. The van der Waals surface area contributed by atoms with Gasteiger partial charge in [0.1, 0.15) is 30.8 Å². The molecule has 0 unspecified atom stereocenters. The third kappa shape index (κ3) is 23.1. The van der Waals surface area contributed by atoms with Gasteiger partial charge in [-0.15, -0.1) is 0 Å². The van der Waals surface area contributed by atoms with Crippen LogP contribution in [0.4, 0.5) is 15.3 Å². The van der Waals surface area contributed by atoms with E-state index in [1.165, 1.54) is 24.0 Å². The molecule has 0 radical (unpaired) electrons. The Morgan fingerprint density at radius 2 is 1.35 bits per heavy atom. The first kappa shape index (κ1) is 77.7. The fourth-order valence-corrected chi connectivity index (χ4v) is 11.9. The van der Waals surface area contributed by atoms with Crippen molar-refractivity contribution in [3.05, 3.63) is 65.7 Å². The van der Waals surface area contributed by atoms with E-state index in [4.69, 9.17) is 15.2 Å². The van der Waals surface area contributed by atoms with Crippen molar-refractivity contribution in [3.8, 4) is 0 Å². The number of benzene rings is 2. The van der Waals surface area contributed by atoms with E-state index in [1.807, 2.05) is 19.9 Å². The van der Waals surface area contributed by atoms with Gasteiger partial charge in [0, 0.05) is 65.8 Å². The number of unbranched alkanes of at least 4 members (excludes halogenated alkanes) is 2. The highest BCUT2D eigenvalue weighted by atomic mass is 16.6. The third-order valence-electron chi connectivity index (χ3n) is 17.7. The van der Waals surface area contributed by atoms with Gasteiger partial charge in [0.25, 0.3) is 0 Å². The van der Waals surface area contributed by atoms with Crippen molar-refractivity contribution in [2.24, 2.45) is 35.3 Å². The second-order valence-electron chi connectivity index (χ2n) is 25.8. The second-order valence-corrected chi connectivity index (χ2v) is 25.8. The van der Waals surface area contributed by atoms with Crippen LogP contribution in [-0.2, 0) is 59.2 Å². The van der Waals surface area contributed by atoms with Crippen LogP contribution in [0.1, 0.15) is 164 Å². The second kappa shape index (κ2) is 37.9. The molecule has 2 aromatic carbocycles. The number of carbonyl (C=O) groups is 11. The smallest absolute Gasteiger partial charge is 0.410 e. The van der Waals surface area contributed by atoms with Crippen LogP contribution in [0.3, 0.4) is 0 Å². The van der Waals surface area contributed by atoms with Crippen molar-refractivity contribution in [3.63, 3.8) is 0 Å². The summed E-state index contributed by atoms with van der Waals surface area (Å²) in [6.07, 6.45) is 0.0981. The maximum Gasteiger partial charge on any atom is 0.410 e. The Balaban J connectivity index is 1.36. The van der Waals surface area contributed by atoms with Gasteiger partial charge >= 0.3 is 12.1 Å². The molecule has 2 aromatic rings.